The summed E-state index contributed by atoms with van der Waals surface area (Å²) in [7, 11) is 1.55. The molecule has 0 unspecified atom stereocenters. The molecule has 0 spiro atoms. The van der Waals surface area contributed by atoms with Gasteiger partial charge in [-0.2, -0.15) is 0 Å². The summed E-state index contributed by atoms with van der Waals surface area (Å²) in [5.74, 6) is -0.468. The van der Waals surface area contributed by atoms with Crippen LogP contribution in [-0.2, 0) is 4.79 Å². The second-order valence-electron chi connectivity index (χ2n) is 2.02. The number of aliphatic hydroxyl groups is 1. The third kappa shape index (κ3) is 2.64. The highest BCUT2D eigenvalue weighted by Gasteiger charge is 2.12. The lowest BCUT2D eigenvalue weighted by Crippen LogP contribution is -2.29. The van der Waals surface area contributed by atoms with Gasteiger partial charge in [-0.05, 0) is 6.42 Å². The fourth-order valence-electron chi connectivity index (χ4n) is 0.670. The molecule has 0 aliphatic rings. The topological polar surface area (TPSA) is 49.3 Å². The van der Waals surface area contributed by atoms with Gasteiger partial charge in [-0.15, -0.1) is 6.58 Å². The van der Waals surface area contributed by atoms with Gasteiger partial charge in [0.15, 0.2) is 0 Å². The lowest BCUT2D eigenvalue weighted by atomic mass is 10.1. The minimum atomic E-state index is -0.331. The highest BCUT2D eigenvalue weighted by Crippen LogP contribution is 2.01. The largest absolute Gasteiger partial charge is 0.396 e. The highest BCUT2D eigenvalue weighted by atomic mass is 16.3. The van der Waals surface area contributed by atoms with Gasteiger partial charge in [0.05, 0.1) is 12.5 Å². The van der Waals surface area contributed by atoms with Gasteiger partial charge in [-0.3, -0.25) is 4.79 Å². The van der Waals surface area contributed by atoms with Crippen molar-refractivity contribution in [2.45, 2.75) is 6.42 Å². The van der Waals surface area contributed by atoms with E-state index in [1.807, 2.05) is 0 Å². The van der Waals surface area contributed by atoms with Crippen LogP contribution in [0.3, 0.4) is 0 Å². The standard InChI is InChI=1S/C7H13NO2/c1-3-4-6(5-9)7(10)8-2/h3,6,9H,1,4-5H2,2H3,(H,8,10)/t6-/m1/s1. The first-order valence-electron chi connectivity index (χ1n) is 3.19. The molecule has 0 aliphatic heterocycles. The molecular weight excluding hydrogens is 130 g/mol. The minimum Gasteiger partial charge on any atom is -0.396 e. The summed E-state index contributed by atoms with van der Waals surface area (Å²) < 4.78 is 0. The van der Waals surface area contributed by atoms with Crippen LogP contribution in [0, 0.1) is 5.92 Å². The van der Waals surface area contributed by atoms with Crippen molar-refractivity contribution in [3.8, 4) is 0 Å². The van der Waals surface area contributed by atoms with Crippen LogP contribution in [0.2, 0.25) is 0 Å². The van der Waals surface area contributed by atoms with Crippen molar-refractivity contribution in [2.24, 2.45) is 5.92 Å². The van der Waals surface area contributed by atoms with E-state index in [1.165, 1.54) is 0 Å². The predicted octanol–water partition coefficient (Wildman–Crippen LogP) is -0.0830. The molecule has 2 N–H and O–H groups in total. The average Bonchev–Trinajstić information content (AvgIpc) is 1.99. The highest BCUT2D eigenvalue weighted by molar-refractivity contribution is 5.78. The lowest BCUT2D eigenvalue weighted by molar-refractivity contribution is -0.125. The minimum absolute atomic E-state index is 0.119. The third-order valence-corrected chi connectivity index (χ3v) is 1.29. The fourth-order valence-corrected chi connectivity index (χ4v) is 0.670. The van der Waals surface area contributed by atoms with Gasteiger partial charge in [0.2, 0.25) is 5.91 Å². The maximum Gasteiger partial charge on any atom is 0.225 e. The average molecular weight is 143 g/mol. The molecule has 0 rings (SSSR count). The molecule has 0 aromatic rings. The van der Waals surface area contributed by atoms with Crippen LogP contribution in [0.4, 0.5) is 0 Å². The van der Waals surface area contributed by atoms with Crippen LogP contribution in [0.25, 0.3) is 0 Å². The van der Waals surface area contributed by atoms with Gasteiger partial charge in [0.1, 0.15) is 0 Å². The number of allylic oxidation sites excluding steroid dienone is 1. The molecule has 0 aromatic heterocycles. The maximum absolute atomic E-state index is 10.8. The third-order valence-electron chi connectivity index (χ3n) is 1.29. The molecule has 0 bridgehead atoms. The molecule has 0 saturated heterocycles. The molecule has 3 nitrogen and oxygen atoms in total. The fraction of sp³-hybridized carbons (Fsp3) is 0.571. The Balaban J connectivity index is 3.79. The Kier molecular flexibility index (Phi) is 4.58. The summed E-state index contributed by atoms with van der Waals surface area (Å²) in [6.45, 7) is 3.35. The summed E-state index contributed by atoms with van der Waals surface area (Å²) in [5.41, 5.74) is 0. The number of rotatable bonds is 4. The Morgan fingerprint density at radius 1 is 1.90 bits per heavy atom. The Morgan fingerprint density at radius 3 is 2.80 bits per heavy atom. The smallest absolute Gasteiger partial charge is 0.225 e. The van der Waals surface area contributed by atoms with Crippen molar-refractivity contribution in [1.29, 1.82) is 0 Å². The molecule has 10 heavy (non-hydrogen) atoms. The molecule has 58 valence electrons. The van der Waals surface area contributed by atoms with Crippen molar-refractivity contribution in [1.82, 2.24) is 5.32 Å². The normalized spacial score (nSPS) is 12.2. The van der Waals surface area contributed by atoms with Crippen LogP contribution in [0.5, 0.6) is 0 Å². The van der Waals surface area contributed by atoms with Gasteiger partial charge in [-0.25, -0.2) is 0 Å². The number of hydrogen-bond acceptors (Lipinski definition) is 2. The van der Waals surface area contributed by atoms with Crippen LogP contribution < -0.4 is 5.32 Å². The molecule has 0 heterocycles. The van der Waals surface area contributed by atoms with Crippen LogP contribution >= 0.6 is 0 Å². The van der Waals surface area contributed by atoms with E-state index in [2.05, 4.69) is 11.9 Å². The van der Waals surface area contributed by atoms with E-state index in [-0.39, 0.29) is 18.4 Å². The Labute approximate surface area is 60.7 Å². The van der Waals surface area contributed by atoms with E-state index in [4.69, 9.17) is 5.11 Å². The summed E-state index contributed by atoms with van der Waals surface area (Å²) in [6.07, 6.45) is 2.15. The van der Waals surface area contributed by atoms with E-state index >= 15 is 0 Å². The number of carbonyl (C=O) groups is 1. The Morgan fingerprint density at radius 2 is 2.50 bits per heavy atom. The first-order valence-corrected chi connectivity index (χ1v) is 3.19. The second-order valence-corrected chi connectivity index (χ2v) is 2.02. The van der Waals surface area contributed by atoms with Gasteiger partial charge in [0, 0.05) is 7.05 Å². The SMILES string of the molecule is C=CC[C@H](CO)C(=O)NC. The lowest BCUT2D eigenvalue weighted by Gasteiger charge is -2.08. The first-order chi connectivity index (χ1) is 4.76. The summed E-state index contributed by atoms with van der Waals surface area (Å²) >= 11 is 0. The van der Waals surface area contributed by atoms with E-state index in [9.17, 15) is 4.79 Å². The zero-order valence-electron chi connectivity index (χ0n) is 6.13. The molecule has 1 atom stereocenters. The van der Waals surface area contributed by atoms with E-state index < -0.39 is 0 Å². The van der Waals surface area contributed by atoms with Gasteiger partial charge >= 0.3 is 0 Å². The molecule has 0 saturated carbocycles. The molecule has 0 radical (unpaired) electrons. The van der Waals surface area contributed by atoms with Crippen molar-refractivity contribution >= 4 is 5.91 Å². The monoisotopic (exact) mass is 143 g/mol. The quantitative estimate of drug-likeness (QED) is 0.541. The van der Waals surface area contributed by atoms with Crippen LogP contribution in [0.1, 0.15) is 6.42 Å². The zero-order valence-corrected chi connectivity index (χ0v) is 6.13. The second kappa shape index (κ2) is 4.99. The maximum atomic E-state index is 10.8. The molecular formula is C7H13NO2. The summed E-state index contributed by atoms with van der Waals surface area (Å²) in [5, 5.41) is 11.1. The van der Waals surface area contributed by atoms with E-state index in [1.54, 1.807) is 13.1 Å². The van der Waals surface area contributed by atoms with Crippen molar-refractivity contribution in [3.63, 3.8) is 0 Å². The predicted molar refractivity (Wildman–Crippen MR) is 39.5 cm³/mol. The molecule has 0 aromatic carbocycles. The Hall–Kier alpha value is -0.830. The number of aliphatic hydroxyl groups excluding tert-OH is 1. The first kappa shape index (κ1) is 9.17. The Bertz CT molecular complexity index is 123. The van der Waals surface area contributed by atoms with Crippen molar-refractivity contribution in [3.05, 3.63) is 12.7 Å². The van der Waals surface area contributed by atoms with E-state index in [0.717, 1.165) is 0 Å². The molecule has 1 amide bonds. The van der Waals surface area contributed by atoms with Gasteiger partial charge < -0.3 is 10.4 Å². The molecule has 0 fully saturated rings. The number of amides is 1. The summed E-state index contributed by atoms with van der Waals surface area (Å²) in [6, 6.07) is 0. The van der Waals surface area contributed by atoms with Gasteiger partial charge in [0.25, 0.3) is 0 Å². The number of carbonyl (C=O) groups excluding carboxylic acids is 1. The molecule has 3 heteroatoms. The van der Waals surface area contributed by atoms with Crippen molar-refractivity contribution in [2.75, 3.05) is 13.7 Å². The van der Waals surface area contributed by atoms with Crippen LogP contribution in [0.15, 0.2) is 12.7 Å². The van der Waals surface area contributed by atoms with E-state index in [0.29, 0.717) is 6.42 Å². The van der Waals surface area contributed by atoms with Crippen molar-refractivity contribution < 1.29 is 9.90 Å². The van der Waals surface area contributed by atoms with Gasteiger partial charge in [-0.1, -0.05) is 6.08 Å². The number of hydrogen-bond donors (Lipinski definition) is 2. The zero-order chi connectivity index (χ0) is 7.98. The van der Waals surface area contributed by atoms with Crippen LogP contribution in [-0.4, -0.2) is 24.7 Å². The summed E-state index contributed by atoms with van der Waals surface area (Å²) in [4.78, 5) is 10.8. The molecule has 0 aliphatic carbocycles. The number of nitrogens with one attached hydrogen (secondary N) is 1.